The molecule has 2 heterocycles. The lowest BCUT2D eigenvalue weighted by atomic mass is 9.55. The number of carboxylic acid groups (broad SMARTS) is 1. The molecule has 5 N–H and O–H groups in total. The van der Waals surface area contributed by atoms with E-state index in [4.69, 9.17) is 9.57 Å². The molecule has 0 saturated heterocycles. The number of allylic oxidation sites excluding steroid dienone is 1. The van der Waals surface area contributed by atoms with Crippen molar-refractivity contribution in [1.29, 1.82) is 0 Å². The van der Waals surface area contributed by atoms with Crippen molar-refractivity contribution in [2.75, 3.05) is 13.2 Å². The van der Waals surface area contributed by atoms with Crippen LogP contribution in [0.2, 0.25) is 0 Å². The van der Waals surface area contributed by atoms with Crippen molar-refractivity contribution < 1.29 is 39.9 Å². The maximum absolute atomic E-state index is 12.8. The first-order valence-corrected chi connectivity index (χ1v) is 15.9. The molecule has 1 saturated carbocycles. The number of carboxylic acids is 1. The maximum Gasteiger partial charge on any atom is 0.355 e. The van der Waals surface area contributed by atoms with Crippen LogP contribution in [0.5, 0.6) is 11.5 Å². The predicted octanol–water partition coefficient (Wildman–Crippen LogP) is 4.18. The number of hydrogen-bond acceptors (Lipinski definition) is 10. The number of fused-ring (bicyclic) bond motifs is 2. The van der Waals surface area contributed by atoms with Crippen LogP contribution in [-0.4, -0.2) is 71.2 Å². The highest BCUT2D eigenvalue weighted by molar-refractivity contribution is 6.02. The van der Waals surface area contributed by atoms with Gasteiger partial charge in [-0.3, -0.25) is 0 Å². The average Bonchev–Trinajstić information content (AvgIpc) is 3.54. The molecule has 0 amide bonds. The number of aliphatic hydroxyl groups excluding tert-OH is 2. The van der Waals surface area contributed by atoms with Gasteiger partial charge in [0.1, 0.15) is 24.1 Å². The molecule has 0 unspecified atom stereocenters. The standard InChI is InChI=1S/C34H40N4O8/c39-14-6-4-10-22-16-25-27(36-45-20-21-8-2-1-3-9-21)18-30(38-28(33(42)43)19-35-37-38)34(44)32(25)31(24(22)11-5-7-15-40)26-17-23(41)12-13-29(26)46-34/h1-3,8-9,12-13,16-17,19,22,24,30-32,39-41,44H,4-7,10-11,14-15,18,20H2,(H,42,43)/t22-,24+,30-,31+,32+,34+/m0/s1. The fraction of sp³-hybridized carbons (Fsp3) is 0.471. The van der Waals surface area contributed by atoms with Crippen LogP contribution in [-0.2, 0) is 11.4 Å². The van der Waals surface area contributed by atoms with E-state index in [1.54, 1.807) is 12.1 Å². The number of hydrogen-bond donors (Lipinski definition) is 5. The zero-order valence-electron chi connectivity index (χ0n) is 25.5. The molecule has 12 heteroatoms. The minimum absolute atomic E-state index is 0.0239. The van der Waals surface area contributed by atoms with Crippen LogP contribution in [0.4, 0.5) is 0 Å². The molecular weight excluding hydrogens is 592 g/mol. The Morgan fingerprint density at radius 1 is 1.07 bits per heavy atom. The van der Waals surface area contributed by atoms with Crippen LogP contribution in [0.15, 0.2) is 71.5 Å². The van der Waals surface area contributed by atoms with E-state index in [-0.39, 0.29) is 55.4 Å². The summed E-state index contributed by atoms with van der Waals surface area (Å²) in [5.41, 5.74) is 2.75. The number of aliphatic hydroxyl groups is 3. The van der Waals surface area contributed by atoms with Crippen molar-refractivity contribution >= 4 is 11.7 Å². The van der Waals surface area contributed by atoms with Crippen molar-refractivity contribution in [2.45, 2.75) is 69.3 Å². The highest BCUT2D eigenvalue weighted by Gasteiger charge is 2.63. The van der Waals surface area contributed by atoms with Crippen molar-refractivity contribution in [1.82, 2.24) is 15.0 Å². The number of aromatic carboxylic acids is 1. The Bertz CT molecular complexity index is 1590. The second-order valence-electron chi connectivity index (χ2n) is 12.4. The third kappa shape index (κ3) is 6.00. The van der Waals surface area contributed by atoms with Crippen molar-refractivity contribution in [2.24, 2.45) is 22.9 Å². The van der Waals surface area contributed by atoms with Crippen LogP contribution in [0, 0.1) is 17.8 Å². The summed E-state index contributed by atoms with van der Waals surface area (Å²) < 4.78 is 7.67. The Balaban J connectivity index is 1.52. The first kappa shape index (κ1) is 31.7. The van der Waals surface area contributed by atoms with Crippen LogP contribution in [0.1, 0.15) is 78.5 Å². The average molecular weight is 633 g/mol. The summed E-state index contributed by atoms with van der Waals surface area (Å²) in [6, 6.07) is 13.4. The number of aromatic hydroxyl groups is 1. The SMILES string of the molecule is O=C(O)c1cnnn1[C@H]1CC(=NOCc2ccccc2)C2=C[C@H](CCCCO)[C@@H](CCCCO)[C@@H]3c4cc(O)ccc4O[C@@]1(O)[C@H]23. The number of ether oxygens (including phenoxy) is 1. The molecule has 3 aromatic rings. The lowest BCUT2D eigenvalue weighted by molar-refractivity contribution is -0.225. The van der Waals surface area contributed by atoms with Gasteiger partial charge in [-0.25, -0.2) is 9.48 Å². The van der Waals surface area contributed by atoms with Gasteiger partial charge in [0.25, 0.3) is 0 Å². The predicted molar refractivity (Wildman–Crippen MR) is 166 cm³/mol. The van der Waals surface area contributed by atoms with Gasteiger partial charge in [0.05, 0.1) is 17.8 Å². The molecule has 46 heavy (non-hydrogen) atoms. The fourth-order valence-corrected chi connectivity index (χ4v) is 7.59. The van der Waals surface area contributed by atoms with Crippen molar-refractivity contribution in [3.63, 3.8) is 0 Å². The zero-order valence-corrected chi connectivity index (χ0v) is 25.5. The summed E-state index contributed by atoms with van der Waals surface area (Å²) in [5, 5.41) is 65.2. The van der Waals surface area contributed by atoms with E-state index in [1.807, 2.05) is 30.3 Å². The van der Waals surface area contributed by atoms with Gasteiger partial charge in [-0.1, -0.05) is 59.6 Å². The maximum atomic E-state index is 12.8. The van der Waals surface area contributed by atoms with Crippen LogP contribution in [0.25, 0.3) is 0 Å². The Labute approximate surface area is 266 Å². The van der Waals surface area contributed by atoms with E-state index in [0.717, 1.165) is 48.6 Å². The summed E-state index contributed by atoms with van der Waals surface area (Å²) in [7, 11) is 0. The molecule has 1 fully saturated rings. The number of carbonyl (C=O) groups is 1. The minimum Gasteiger partial charge on any atom is -0.508 e. The monoisotopic (exact) mass is 632 g/mol. The smallest absolute Gasteiger partial charge is 0.355 e. The number of rotatable bonds is 13. The van der Waals surface area contributed by atoms with E-state index < -0.39 is 23.7 Å². The number of aromatic nitrogens is 3. The molecule has 6 atom stereocenters. The van der Waals surface area contributed by atoms with Gasteiger partial charge in [-0.05, 0) is 66.9 Å². The largest absolute Gasteiger partial charge is 0.508 e. The molecule has 1 aliphatic heterocycles. The second-order valence-corrected chi connectivity index (χ2v) is 12.4. The van der Waals surface area contributed by atoms with Gasteiger partial charge in [0.15, 0.2) is 5.69 Å². The summed E-state index contributed by atoms with van der Waals surface area (Å²) in [5.74, 6) is -3.84. The summed E-state index contributed by atoms with van der Waals surface area (Å²) in [4.78, 5) is 18.1. The van der Waals surface area contributed by atoms with Gasteiger partial charge in [0.2, 0.25) is 5.79 Å². The molecule has 12 nitrogen and oxygen atoms in total. The van der Waals surface area contributed by atoms with E-state index in [0.29, 0.717) is 24.3 Å². The topological polar surface area (TPSA) is 180 Å². The molecule has 2 aliphatic carbocycles. The zero-order chi connectivity index (χ0) is 32.3. The van der Waals surface area contributed by atoms with Crippen molar-refractivity contribution in [3.8, 4) is 11.5 Å². The summed E-state index contributed by atoms with van der Waals surface area (Å²) in [6.07, 6.45) is 7.63. The second kappa shape index (κ2) is 13.6. The summed E-state index contributed by atoms with van der Waals surface area (Å²) >= 11 is 0. The normalized spacial score (nSPS) is 27.3. The van der Waals surface area contributed by atoms with E-state index in [9.17, 15) is 30.3 Å². The number of oxime groups is 1. The number of benzene rings is 2. The first-order valence-electron chi connectivity index (χ1n) is 15.9. The lowest BCUT2D eigenvalue weighted by Gasteiger charge is -2.56. The minimum atomic E-state index is -1.96. The fourth-order valence-electron chi connectivity index (χ4n) is 7.59. The Morgan fingerprint density at radius 3 is 2.57 bits per heavy atom. The molecule has 244 valence electrons. The Hall–Kier alpha value is -4.26. The molecule has 1 aromatic heterocycles. The Morgan fingerprint density at radius 2 is 1.83 bits per heavy atom. The molecule has 0 radical (unpaired) electrons. The van der Waals surface area contributed by atoms with Gasteiger partial charge in [-0.2, -0.15) is 0 Å². The molecule has 6 rings (SSSR count). The van der Waals surface area contributed by atoms with E-state index in [1.165, 1.54) is 10.7 Å². The quantitative estimate of drug-likeness (QED) is 0.136. The van der Waals surface area contributed by atoms with E-state index in [2.05, 4.69) is 21.5 Å². The number of phenolic OH excluding ortho intramolecular Hbond substituents is 1. The number of phenols is 1. The third-order valence-corrected chi connectivity index (χ3v) is 9.60. The van der Waals surface area contributed by atoms with Gasteiger partial charge in [-0.15, -0.1) is 5.10 Å². The summed E-state index contributed by atoms with van der Waals surface area (Å²) in [6.45, 7) is 0.352. The highest BCUT2D eigenvalue weighted by atomic mass is 16.6. The van der Waals surface area contributed by atoms with E-state index >= 15 is 0 Å². The molecule has 0 spiro atoms. The van der Waals surface area contributed by atoms with Crippen LogP contribution >= 0.6 is 0 Å². The number of unbranched alkanes of at least 4 members (excludes halogenated alkanes) is 2. The lowest BCUT2D eigenvalue weighted by Crippen LogP contribution is -2.62. The van der Waals surface area contributed by atoms with Crippen molar-refractivity contribution in [3.05, 3.63) is 83.2 Å². The van der Waals surface area contributed by atoms with Gasteiger partial charge in [0, 0.05) is 31.1 Å². The van der Waals surface area contributed by atoms with Gasteiger partial charge < -0.3 is 35.1 Å². The number of nitrogens with zero attached hydrogens (tertiary/aromatic N) is 4. The van der Waals surface area contributed by atoms with Gasteiger partial charge >= 0.3 is 5.97 Å². The third-order valence-electron chi connectivity index (χ3n) is 9.60. The molecule has 0 bridgehead atoms. The first-order chi connectivity index (χ1) is 22.4. The van der Waals surface area contributed by atoms with Crippen LogP contribution in [0.3, 0.4) is 0 Å². The Kier molecular flexibility index (Phi) is 9.39. The highest BCUT2D eigenvalue weighted by Crippen LogP contribution is 2.62. The molecule has 3 aliphatic rings. The molecule has 2 aromatic carbocycles. The molecular formula is C34H40N4O8. The van der Waals surface area contributed by atoms with Crippen LogP contribution < -0.4 is 4.74 Å².